The lowest BCUT2D eigenvalue weighted by Gasteiger charge is -2.11. The average Bonchev–Trinajstić information content (AvgIpc) is 2.92. The van der Waals surface area contributed by atoms with Crippen LogP contribution in [0.15, 0.2) is 91.3 Å². The number of carbonyl (C=O) groups excluding carboxylic acids is 2. The van der Waals surface area contributed by atoms with Crippen LogP contribution in [0.5, 0.6) is 11.5 Å². The van der Waals surface area contributed by atoms with Gasteiger partial charge in [0, 0.05) is 35.5 Å². The van der Waals surface area contributed by atoms with E-state index >= 15 is 0 Å². The van der Waals surface area contributed by atoms with Gasteiger partial charge in [-0.15, -0.1) is 0 Å². The molecule has 38 heavy (non-hydrogen) atoms. The molecule has 0 atom stereocenters. The van der Waals surface area contributed by atoms with Crippen molar-refractivity contribution in [1.82, 2.24) is 20.2 Å². The monoisotopic (exact) mass is 510 g/mol. The Morgan fingerprint density at radius 3 is 2.34 bits per heavy atom. The molecule has 194 valence electrons. The van der Waals surface area contributed by atoms with Gasteiger partial charge in [0.2, 0.25) is 11.8 Å². The smallest absolute Gasteiger partial charge is 0.248 e. The Kier molecular flexibility index (Phi) is 8.98. The molecule has 2 amide bonds. The minimum absolute atomic E-state index is 0.308. The van der Waals surface area contributed by atoms with E-state index < -0.39 is 5.91 Å². The average molecular weight is 511 g/mol. The van der Waals surface area contributed by atoms with Crippen molar-refractivity contribution in [3.8, 4) is 11.5 Å². The molecule has 0 aliphatic carbocycles. The number of rotatable bonds is 11. The van der Waals surface area contributed by atoms with Gasteiger partial charge in [0.15, 0.2) is 0 Å². The molecule has 0 spiro atoms. The van der Waals surface area contributed by atoms with Crippen LogP contribution in [0.2, 0.25) is 0 Å². The molecule has 3 aromatic carbocycles. The first-order valence-electron chi connectivity index (χ1n) is 12.2. The zero-order chi connectivity index (χ0) is 26.7. The van der Waals surface area contributed by atoms with E-state index in [2.05, 4.69) is 25.9 Å². The maximum absolute atomic E-state index is 12.4. The molecule has 9 heteroatoms. The molecule has 0 bridgehead atoms. The molecule has 4 rings (SSSR count). The van der Waals surface area contributed by atoms with E-state index in [1.165, 1.54) is 18.5 Å². The predicted octanol–water partition coefficient (Wildman–Crippen LogP) is 4.73. The molecule has 0 saturated carbocycles. The summed E-state index contributed by atoms with van der Waals surface area (Å²) in [5, 5.41) is 9.58. The van der Waals surface area contributed by atoms with Crippen LogP contribution < -0.4 is 20.7 Å². The van der Waals surface area contributed by atoms with Crippen molar-refractivity contribution in [3.05, 3.63) is 91.3 Å². The van der Waals surface area contributed by atoms with Crippen molar-refractivity contribution in [2.45, 2.75) is 6.42 Å². The molecule has 4 aromatic rings. The van der Waals surface area contributed by atoms with E-state index in [9.17, 15) is 9.59 Å². The summed E-state index contributed by atoms with van der Waals surface area (Å²) in [6.45, 7) is 1.42. The van der Waals surface area contributed by atoms with E-state index in [-0.39, 0.29) is 5.91 Å². The number of aromatic nitrogens is 2. The number of anilines is 3. The Labute approximate surface area is 221 Å². The van der Waals surface area contributed by atoms with Crippen LogP contribution in [0.3, 0.4) is 0 Å². The number of benzene rings is 3. The molecule has 0 unspecified atom stereocenters. The second kappa shape index (κ2) is 13.0. The third-order valence-electron chi connectivity index (χ3n) is 5.47. The second-order valence-electron chi connectivity index (χ2n) is 8.79. The lowest BCUT2D eigenvalue weighted by molar-refractivity contribution is -0.117. The zero-order valence-corrected chi connectivity index (χ0v) is 21.3. The highest BCUT2D eigenvalue weighted by atomic mass is 16.5. The summed E-state index contributed by atoms with van der Waals surface area (Å²) in [6.07, 6.45) is 4.76. The van der Waals surface area contributed by atoms with Gasteiger partial charge in [-0.2, -0.15) is 0 Å². The van der Waals surface area contributed by atoms with E-state index in [1.807, 2.05) is 73.6 Å². The number of hydrogen-bond donors (Lipinski definition) is 3. The van der Waals surface area contributed by atoms with Gasteiger partial charge in [-0.25, -0.2) is 9.97 Å². The summed E-state index contributed by atoms with van der Waals surface area (Å²) in [5.74, 6) is 1.36. The quantitative estimate of drug-likeness (QED) is 0.198. The fourth-order valence-electron chi connectivity index (χ4n) is 3.60. The summed E-state index contributed by atoms with van der Waals surface area (Å²) in [4.78, 5) is 35.0. The molecule has 0 fully saturated rings. The number of amides is 2. The number of ether oxygens (including phenoxy) is 1. The third-order valence-corrected chi connectivity index (χ3v) is 5.47. The van der Waals surface area contributed by atoms with Crippen molar-refractivity contribution in [3.63, 3.8) is 0 Å². The molecule has 1 heterocycles. The maximum Gasteiger partial charge on any atom is 0.248 e. The van der Waals surface area contributed by atoms with Crippen molar-refractivity contribution >= 4 is 39.9 Å². The largest absolute Gasteiger partial charge is 0.457 e. The van der Waals surface area contributed by atoms with Crippen LogP contribution >= 0.6 is 0 Å². The number of nitrogens with one attached hydrogen (secondary N) is 3. The molecular weight excluding hydrogens is 480 g/mol. The summed E-state index contributed by atoms with van der Waals surface area (Å²) in [5.41, 5.74) is 2.10. The molecule has 1 aromatic heterocycles. The minimum atomic E-state index is -0.409. The lowest BCUT2D eigenvalue weighted by Crippen LogP contribution is -2.25. The summed E-state index contributed by atoms with van der Waals surface area (Å²) in [6, 6.07) is 22.4. The molecule has 0 aliphatic heterocycles. The highest BCUT2D eigenvalue weighted by molar-refractivity contribution is 6.04. The van der Waals surface area contributed by atoms with Gasteiger partial charge in [0.25, 0.3) is 0 Å². The highest BCUT2D eigenvalue weighted by Gasteiger charge is 2.08. The molecule has 3 N–H and O–H groups in total. The van der Waals surface area contributed by atoms with Crippen LogP contribution in [-0.4, -0.2) is 53.9 Å². The van der Waals surface area contributed by atoms with Gasteiger partial charge in [0.1, 0.15) is 23.6 Å². The van der Waals surface area contributed by atoms with E-state index in [0.717, 1.165) is 41.1 Å². The second-order valence-corrected chi connectivity index (χ2v) is 8.79. The van der Waals surface area contributed by atoms with Gasteiger partial charge < -0.3 is 25.6 Å². The molecule has 9 nitrogen and oxygen atoms in total. The summed E-state index contributed by atoms with van der Waals surface area (Å²) < 4.78 is 5.85. The number of carbonyl (C=O) groups is 2. The number of para-hydroxylation sites is 1. The fraction of sp³-hybridized carbons (Fsp3) is 0.172. The highest BCUT2D eigenvalue weighted by Crippen LogP contribution is 2.28. The lowest BCUT2D eigenvalue weighted by atomic mass is 10.2. The van der Waals surface area contributed by atoms with E-state index in [1.54, 1.807) is 18.2 Å². The Morgan fingerprint density at radius 2 is 1.58 bits per heavy atom. The van der Waals surface area contributed by atoms with Gasteiger partial charge >= 0.3 is 0 Å². The first-order chi connectivity index (χ1) is 18.5. The molecule has 0 saturated heterocycles. The van der Waals surface area contributed by atoms with Gasteiger partial charge in [-0.05, 0) is 81.7 Å². The SMILES string of the molecule is CN(C)CCCNC(=O)C=CC(=O)Nc1ccc2ncnc(Nc3ccc(Oc4ccccc4)cc3)c2c1. The van der Waals surface area contributed by atoms with Gasteiger partial charge in [0.05, 0.1) is 5.52 Å². The summed E-state index contributed by atoms with van der Waals surface area (Å²) >= 11 is 0. The van der Waals surface area contributed by atoms with E-state index in [0.29, 0.717) is 18.1 Å². The van der Waals surface area contributed by atoms with Crippen LogP contribution in [0.25, 0.3) is 10.9 Å². The standard InChI is InChI=1S/C29H30N6O3/c1-35(2)18-6-17-30-27(36)15-16-28(37)33-22-11-14-26-25(19-22)29(32-20-31-26)34-21-9-12-24(13-10-21)38-23-7-4-3-5-8-23/h3-5,7-16,19-20H,6,17-18H2,1-2H3,(H,30,36)(H,33,37)(H,31,32,34). The molecular formula is C29H30N6O3. The molecule has 0 radical (unpaired) electrons. The fourth-order valence-corrected chi connectivity index (χ4v) is 3.60. The maximum atomic E-state index is 12.4. The Bertz CT molecular complexity index is 1410. The normalized spacial score (nSPS) is 11.0. The van der Waals surface area contributed by atoms with Crippen molar-refractivity contribution in [1.29, 1.82) is 0 Å². The third kappa shape index (κ3) is 7.87. The Morgan fingerprint density at radius 1 is 0.868 bits per heavy atom. The zero-order valence-electron chi connectivity index (χ0n) is 21.3. The number of nitrogens with zero attached hydrogens (tertiary/aromatic N) is 3. The Hall–Kier alpha value is -4.76. The van der Waals surface area contributed by atoms with Crippen LogP contribution in [0, 0.1) is 0 Å². The minimum Gasteiger partial charge on any atom is -0.457 e. The summed E-state index contributed by atoms with van der Waals surface area (Å²) in [7, 11) is 3.95. The first-order valence-corrected chi connectivity index (χ1v) is 12.2. The van der Waals surface area contributed by atoms with Crippen molar-refractivity contribution in [2.24, 2.45) is 0 Å². The first kappa shape index (κ1) is 26.3. The Balaban J connectivity index is 1.38. The van der Waals surface area contributed by atoms with Crippen molar-refractivity contribution < 1.29 is 14.3 Å². The van der Waals surface area contributed by atoms with Crippen LogP contribution in [0.4, 0.5) is 17.2 Å². The van der Waals surface area contributed by atoms with Crippen LogP contribution in [0.1, 0.15) is 6.42 Å². The van der Waals surface area contributed by atoms with E-state index in [4.69, 9.17) is 4.74 Å². The molecule has 0 aliphatic rings. The van der Waals surface area contributed by atoms with Gasteiger partial charge in [-0.3, -0.25) is 9.59 Å². The topological polar surface area (TPSA) is 108 Å². The van der Waals surface area contributed by atoms with Crippen molar-refractivity contribution in [2.75, 3.05) is 37.8 Å². The predicted molar refractivity (Wildman–Crippen MR) is 150 cm³/mol. The number of fused-ring (bicyclic) bond motifs is 1. The van der Waals surface area contributed by atoms with Crippen LogP contribution in [-0.2, 0) is 9.59 Å². The number of hydrogen-bond acceptors (Lipinski definition) is 7. The van der Waals surface area contributed by atoms with Gasteiger partial charge in [-0.1, -0.05) is 18.2 Å².